The lowest BCUT2D eigenvalue weighted by Gasteiger charge is -2.24. The Morgan fingerprint density at radius 3 is 2.50 bits per heavy atom. The lowest BCUT2D eigenvalue weighted by atomic mass is 9.99. The Morgan fingerprint density at radius 2 is 1.86 bits per heavy atom. The van der Waals surface area contributed by atoms with Crippen LogP contribution in [0.4, 0.5) is 0 Å². The topological polar surface area (TPSA) is 103 Å². The van der Waals surface area contributed by atoms with Gasteiger partial charge in [-0.05, 0) is 74.4 Å². The molecule has 0 spiro atoms. The first-order valence-electron chi connectivity index (χ1n) is 12.1. The third-order valence-corrected chi connectivity index (χ3v) is 8.08. The fourth-order valence-electron chi connectivity index (χ4n) is 4.45. The highest BCUT2D eigenvalue weighted by molar-refractivity contribution is 7.91. The molecule has 1 aromatic heterocycles. The summed E-state index contributed by atoms with van der Waals surface area (Å²) in [5.74, 6) is 0.790. The predicted molar refractivity (Wildman–Crippen MR) is 139 cm³/mol. The molecule has 0 bridgehead atoms. The van der Waals surface area contributed by atoms with Crippen molar-refractivity contribution in [3.63, 3.8) is 0 Å². The van der Waals surface area contributed by atoms with Crippen LogP contribution in [0.5, 0.6) is 11.6 Å². The molecule has 1 aliphatic carbocycles. The number of aromatic nitrogens is 1. The largest absolute Gasteiger partial charge is 0.490 e. The summed E-state index contributed by atoms with van der Waals surface area (Å²) in [4.78, 5) is 15.4. The van der Waals surface area contributed by atoms with Crippen molar-refractivity contribution in [1.29, 1.82) is 0 Å². The number of carboxylic acids is 1. The van der Waals surface area contributed by atoms with Crippen LogP contribution in [-0.2, 0) is 14.6 Å². The first-order chi connectivity index (χ1) is 17.2. The second-order valence-electron chi connectivity index (χ2n) is 9.28. The molecule has 36 heavy (non-hydrogen) atoms. The fraction of sp³-hybridized carbons (Fsp3) is 0.357. The highest BCUT2D eigenvalue weighted by Crippen LogP contribution is 2.32. The van der Waals surface area contributed by atoms with E-state index in [2.05, 4.69) is 0 Å². The van der Waals surface area contributed by atoms with Crippen LogP contribution >= 0.6 is 0 Å². The van der Waals surface area contributed by atoms with Crippen LogP contribution < -0.4 is 9.47 Å². The predicted octanol–water partition coefficient (Wildman–Crippen LogP) is 5.34. The molecule has 2 aromatic rings. The number of hydrogen-bond donors (Lipinski definition) is 1. The van der Waals surface area contributed by atoms with Gasteiger partial charge in [-0.15, -0.1) is 0 Å². The van der Waals surface area contributed by atoms with E-state index in [9.17, 15) is 13.2 Å². The smallest absolute Gasteiger partial charge is 0.303 e. The van der Waals surface area contributed by atoms with Crippen molar-refractivity contribution in [2.24, 2.45) is 0 Å². The quantitative estimate of drug-likeness (QED) is 0.480. The van der Waals surface area contributed by atoms with Crippen LogP contribution in [0.1, 0.15) is 43.2 Å². The molecule has 0 radical (unpaired) electrons. The molecule has 0 atom stereocenters. The van der Waals surface area contributed by atoms with Gasteiger partial charge in [0.1, 0.15) is 11.9 Å². The molecule has 1 aromatic carbocycles. The average Bonchev–Trinajstić information content (AvgIpc) is 2.83. The molecule has 7 nitrogen and oxygen atoms in total. The zero-order valence-electron chi connectivity index (χ0n) is 20.6. The highest BCUT2D eigenvalue weighted by atomic mass is 32.2. The van der Waals surface area contributed by atoms with Crippen molar-refractivity contribution in [1.82, 2.24) is 4.98 Å². The number of pyridine rings is 1. The number of rotatable bonds is 8. The second-order valence-corrected chi connectivity index (χ2v) is 11.6. The van der Waals surface area contributed by atoms with Gasteiger partial charge in [0.2, 0.25) is 5.88 Å². The molecule has 0 saturated carbocycles. The molecule has 0 unspecified atom stereocenters. The van der Waals surface area contributed by atoms with Gasteiger partial charge < -0.3 is 14.6 Å². The molecule has 8 heteroatoms. The lowest BCUT2D eigenvalue weighted by molar-refractivity contribution is -0.136. The van der Waals surface area contributed by atoms with Gasteiger partial charge in [-0.25, -0.2) is 13.4 Å². The van der Waals surface area contributed by atoms with Crippen molar-refractivity contribution < 1.29 is 27.8 Å². The van der Waals surface area contributed by atoms with E-state index in [1.165, 1.54) is 0 Å². The Morgan fingerprint density at radius 1 is 1.14 bits per heavy atom. The van der Waals surface area contributed by atoms with Crippen LogP contribution in [0.3, 0.4) is 0 Å². The van der Waals surface area contributed by atoms with E-state index < -0.39 is 15.8 Å². The van der Waals surface area contributed by atoms with E-state index in [4.69, 9.17) is 19.6 Å². The monoisotopic (exact) mass is 509 g/mol. The summed E-state index contributed by atoms with van der Waals surface area (Å²) >= 11 is 0. The van der Waals surface area contributed by atoms with Gasteiger partial charge in [-0.3, -0.25) is 4.79 Å². The number of ether oxygens (including phenoxy) is 2. The van der Waals surface area contributed by atoms with Crippen molar-refractivity contribution in [3.8, 4) is 22.9 Å². The normalized spacial score (nSPS) is 18.6. The SMILES string of the molecule is Cc1cc(OC2CCS(=O)(=O)CC2)cc(C)c1-c1cccc(OC=C2C=CC(CCC(=O)O)=CC2)n1. The van der Waals surface area contributed by atoms with Crippen LogP contribution in [0.25, 0.3) is 11.3 Å². The van der Waals surface area contributed by atoms with Gasteiger partial charge in [0.05, 0.1) is 23.5 Å². The summed E-state index contributed by atoms with van der Waals surface area (Å²) in [6.45, 7) is 4.03. The highest BCUT2D eigenvalue weighted by Gasteiger charge is 2.25. The number of carbonyl (C=O) groups is 1. The van der Waals surface area contributed by atoms with Crippen LogP contribution in [0.15, 0.2) is 66.0 Å². The molecule has 1 aliphatic heterocycles. The third kappa shape index (κ3) is 6.85. The van der Waals surface area contributed by atoms with Gasteiger partial charge in [0, 0.05) is 18.1 Å². The summed E-state index contributed by atoms with van der Waals surface area (Å²) in [6, 6.07) is 9.61. The minimum atomic E-state index is -2.92. The number of sulfone groups is 1. The lowest BCUT2D eigenvalue weighted by Crippen LogP contribution is -2.30. The molecule has 1 saturated heterocycles. The summed E-state index contributed by atoms with van der Waals surface area (Å²) in [6.07, 6.45) is 9.84. The number of aryl methyl sites for hydroxylation is 2. The summed E-state index contributed by atoms with van der Waals surface area (Å²) in [5.41, 5.74) is 5.84. The Labute approximate surface area is 212 Å². The molecule has 190 valence electrons. The number of carboxylic acid groups (broad SMARTS) is 1. The Kier molecular flexibility index (Phi) is 7.94. The molecule has 2 aliphatic rings. The van der Waals surface area contributed by atoms with Gasteiger partial charge >= 0.3 is 5.97 Å². The molecular weight excluding hydrogens is 478 g/mol. The zero-order valence-corrected chi connectivity index (χ0v) is 21.4. The van der Waals surface area contributed by atoms with E-state index in [0.29, 0.717) is 31.6 Å². The molecule has 2 heterocycles. The first-order valence-corrected chi connectivity index (χ1v) is 13.9. The summed E-state index contributed by atoms with van der Waals surface area (Å²) < 4.78 is 35.3. The Balaban J connectivity index is 1.42. The molecule has 4 rings (SSSR count). The Hall–Kier alpha value is -3.39. The van der Waals surface area contributed by atoms with Crippen LogP contribution in [0.2, 0.25) is 0 Å². The maximum Gasteiger partial charge on any atom is 0.303 e. The van der Waals surface area contributed by atoms with Crippen molar-refractivity contribution in [2.75, 3.05) is 11.5 Å². The van der Waals surface area contributed by atoms with Crippen molar-refractivity contribution >= 4 is 15.8 Å². The zero-order chi connectivity index (χ0) is 25.7. The molecule has 1 fully saturated rings. The standard InChI is InChI=1S/C28H31NO6S/c1-19-16-24(35-23-12-14-36(32,33)15-13-23)17-20(2)28(19)25-4-3-5-26(29-25)34-18-22-8-6-21(7-9-22)10-11-27(30)31/h3-8,16-18,23H,9-15H2,1-2H3,(H,30,31). The van der Waals surface area contributed by atoms with Gasteiger partial charge in [0.25, 0.3) is 0 Å². The van der Waals surface area contributed by atoms with Crippen LogP contribution in [0, 0.1) is 13.8 Å². The maximum atomic E-state index is 11.7. The minimum absolute atomic E-state index is 0.0852. The van der Waals surface area contributed by atoms with Crippen LogP contribution in [-0.4, -0.2) is 42.1 Å². The van der Waals surface area contributed by atoms with Crippen molar-refractivity contribution in [3.05, 3.63) is 77.1 Å². The molecule has 0 amide bonds. The van der Waals surface area contributed by atoms with Gasteiger partial charge in [-0.1, -0.05) is 29.9 Å². The number of hydrogen-bond acceptors (Lipinski definition) is 6. The van der Waals surface area contributed by atoms with E-state index in [-0.39, 0.29) is 24.0 Å². The summed E-state index contributed by atoms with van der Waals surface area (Å²) in [5, 5.41) is 8.83. The van der Waals surface area contributed by atoms with Gasteiger partial charge in [-0.2, -0.15) is 0 Å². The number of benzene rings is 1. The van der Waals surface area contributed by atoms with Crippen molar-refractivity contribution in [2.45, 2.75) is 52.1 Å². The second kappa shape index (κ2) is 11.1. The summed E-state index contributed by atoms with van der Waals surface area (Å²) in [7, 11) is -2.92. The average molecular weight is 510 g/mol. The number of nitrogens with zero attached hydrogens (tertiary/aromatic N) is 1. The first kappa shape index (κ1) is 25.7. The van der Waals surface area contributed by atoms with E-state index in [1.54, 1.807) is 12.3 Å². The number of aliphatic carboxylic acids is 1. The van der Waals surface area contributed by atoms with E-state index >= 15 is 0 Å². The fourth-order valence-corrected chi connectivity index (χ4v) is 5.90. The molecular formula is C28H31NO6S. The third-order valence-electron chi connectivity index (χ3n) is 6.36. The maximum absolute atomic E-state index is 11.7. The van der Waals surface area contributed by atoms with E-state index in [1.807, 2.05) is 56.3 Å². The minimum Gasteiger partial charge on any atom is -0.490 e. The molecule has 1 N–H and O–H groups in total. The van der Waals surface area contributed by atoms with E-state index in [0.717, 1.165) is 39.3 Å². The van der Waals surface area contributed by atoms with Gasteiger partial charge in [0.15, 0.2) is 9.84 Å². The number of allylic oxidation sites excluding steroid dienone is 5. The Bertz CT molecular complexity index is 1300.